The Morgan fingerprint density at radius 3 is 2.82 bits per heavy atom. The van der Waals surface area contributed by atoms with Crippen LogP contribution in [0.25, 0.3) is 0 Å². The van der Waals surface area contributed by atoms with Gasteiger partial charge in [0.25, 0.3) is 0 Å². The number of nitrogens with one attached hydrogen (secondary N) is 1. The maximum atomic E-state index is 5.78. The third kappa shape index (κ3) is 3.56. The Morgan fingerprint density at radius 1 is 1.35 bits per heavy atom. The highest BCUT2D eigenvalue weighted by Gasteiger charge is 2.20. The standard InChI is InChI=1S/C12H20N4O/c1-8-11(13)15-9(2)16-12(8)14-5-6-17-7-10-3-4-10/h10H,3-7H2,1-2H3,(H3,13,14,15,16). The molecule has 94 valence electrons. The maximum absolute atomic E-state index is 5.78. The van der Waals surface area contributed by atoms with Crippen LogP contribution in [-0.4, -0.2) is 29.7 Å². The maximum Gasteiger partial charge on any atom is 0.134 e. The molecule has 5 nitrogen and oxygen atoms in total. The minimum Gasteiger partial charge on any atom is -0.383 e. The Labute approximate surface area is 102 Å². The highest BCUT2D eigenvalue weighted by atomic mass is 16.5. The van der Waals surface area contributed by atoms with Crippen LogP contribution in [0.2, 0.25) is 0 Å². The van der Waals surface area contributed by atoms with Gasteiger partial charge < -0.3 is 15.8 Å². The van der Waals surface area contributed by atoms with Crippen LogP contribution in [0.4, 0.5) is 11.6 Å². The van der Waals surface area contributed by atoms with Crippen LogP contribution < -0.4 is 11.1 Å². The number of anilines is 2. The fraction of sp³-hybridized carbons (Fsp3) is 0.667. The van der Waals surface area contributed by atoms with Crippen molar-refractivity contribution in [3.8, 4) is 0 Å². The molecule has 0 radical (unpaired) electrons. The summed E-state index contributed by atoms with van der Waals surface area (Å²) in [5.74, 6) is 2.85. The number of aromatic nitrogens is 2. The Hall–Kier alpha value is -1.36. The molecule has 0 aromatic carbocycles. The molecule has 0 spiro atoms. The quantitative estimate of drug-likeness (QED) is 0.732. The number of aryl methyl sites for hydroxylation is 1. The molecule has 3 N–H and O–H groups in total. The first-order chi connectivity index (χ1) is 8.16. The number of hydrogen-bond acceptors (Lipinski definition) is 5. The number of nitrogens with two attached hydrogens (primary N) is 1. The zero-order chi connectivity index (χ0) is 12.3. The van der Waals surface area contributed by atoms with E-state index in [2.05, 4.69) is 15.3 Å². The lowest BCUT2D eigenvalue weighted by Gasteiger charge is -2.10. The van der Waals surface area contributed by atoms with E-state index in [9.17, 15) is 0 Å². The molecule has 0 unspecified atom stereocenters. The lowest BCUT2D eigenvalue weighted by Crippen LogP contribution is -2.14. The first kappa shape index (κ1) is 12.1. The summed E-state index contributed by atoms with van der Waals surface area (Å²) in [5.41, 5.74) is 6.68. The topological polar surface area (TPSA) is 73.1 Å². The number of rotatable bonds is 6. The molecule has 0 amide bonds. The molecule has 1 aliphatic rings. The van der Waals surface area contributed by atoms with Crippen LogP contribution in [0.1, 0.15) is 24.2 Å². The smallest absolute Gasteiger partial charge is 0.134 e. The van der Waals surface area contributed by atoms with Gasteiger partial charge in [-0.05, 0) is 32.6 Å². The Bertz CT molecular complexity index is 390. The molecule has 1 fully saturated rings. The molecule has 2 rings (SSSR count). The Morgan fingerprint density at radius 2 is 2.12 bits per heavy atom. The van der Waals surface area contributed by atoms with E-state index in [1.54, 1.807) is 0 Å². The van der Waals surface area contributed by atoms with Gasteiger partial charge in [0.05, 0.1) is 6.61 Å². The third-order valence-electron chi connectivity index (χ3n) is 2.88. The fourth-order valence-electron chi connectivity index (χ4n) is 1.60. The largest absolute Gasteiger partial charge is 0.383 e. The van der Waals surface area contributed by atoms with Crippen LogP contribution >= 0.6 is 0 Å². The van der Waals surface area contributed by atoms with Crippen molar-refractivity contribution in [1.82, 2.24) is 9.97 Å². The Balaban J connectivity index is 1.77. The average molecular weight is 236 g/mol. The van der Waals surface area contributed by atoms with Gasteiger partial charge in [0.15, 0.2) is 0 Å². The van der Waals surface area contributed by atoms with Gasteiger partial charge in [0.1, 0.15) is 17.5 Å². The van der Waals surface area contributed by atoms with Gasteiger partial charge >= 0.3 is 0 Å². The molecule has 0 aliphatic heterocycles. The second kappa shape index (κ2) is 5.31. The van der Waals surface area contributed by atoms with E-state index in [1.807, 2.05) is 13.8 Å². The van der Waals surface area contributed by atoms with Crippen molar-refractivity contribution in [3.63, 3.8) is 0 Å². The van der Waals surface area contributed by atoms with Crippen molar-refractivity contribution in [1.29, 1.82) is 0 Å². The number of nitrogen functional groups attached to an aromatic ring is 1. The summed E-state index contributed by atoms with van der Waals surface area (Å²) >= 11 is 0. The van der Waals surface area contributed by atoms with Crippen molar-refractivity contribution < 1.29 is 4.74 Å². The minimum absolute atomic E-state index is 0.541. The highest BCUT2D eigenvalue weighted by Crippen LogP contribution is 2.28. The fourth-order valence-corrected chi connectivity index (χ4v) is 1.60. The van der Waals surface area contributed by atoms with E-state index in [-0.39, 0.29) is 0 Å². The van der Waals surface area contributed by atoms with E-state index in [0.717, 1.165) is 30.5 Å². The van der Waals surface area contributed by atoms with Gasteiger partial charge in [-0.15, -0.1) is 0 Å². The predicted octanol–water partition coefficient (Wildman–Crippen LogP) is 1.51. The number of hydrogen-bond donors (Lipinski definition) is 2. The second-order valence-corrected chi connectivity index (χ2v) is 4.57. The van der Waals surface area contributed by atoms with E-state index in [1.165, 1.54) is 12.8 Å². The van der Waals surface area contributed by atoms with Gasteiger partial charge in [-0.1, -0.05) is 0 Å². The molecule has 1 heterocycles. The lowest BCUT2D eigenvalue weighted by molar-refractivity contribution is 0.134. The van der Waals surface area contributed by atoms with Crippen molar-refractivity contribution in [2.45, 2.75) is 26.7 Å². The van der Waals surface area contributed by atoms with E-state index >= 15 is 0 Å². The van der Waals surface area contributed by atoms with Crippen LogP contribution in [-0.2, 0) is 4.74 Å². The van der Waals surface area contributed by atoms with Gasteiger partial charge in [-0.2, -0.15) is 0 Å². The summed E-state index contributed by atoms with van der Waals surface area (Å²) in [5, 5.41) is 3.23. The van der Waals surface area contributed by atoms with E-state index in [0.29, 0.717) is 18.2 Å². The lowest BCUT2D eigenvalue weighted by atomic mass is 10.3. The minimum atomic E-state index is 0.541. The summed E-state index contributed by atoms with van der Waals surface area (Å²) in [4.78, 5) is 8.43. The summed E-state index contributed by atoms with van der Waals surface area (Å²) in [6, 6.07) is 0. The molecule has 1 aromatic rings. The van der Waals surface area contributed by atoms with E-state index in [4.69, 9.17) is 10.5 Å². The molecule has 0 atom stereocenters. The molecule has 1 saturated carbocycles. The zero-order valence-electron chi connectivity index (χ0n) is 10.5. The van der Waals surface area contributed by atoms with Crippen LogP contribution in [0.3, 0.4) is 0 Å². The zero-order valence-corrected chi connectivity index (χ0v) is 10.5. The monoisotopic (exact) mass is 236 g/mol. The Kier molecular flexibility index (Phi) is 3.78. The normalized spacial score (nSPS) is 14.9. The summed E-state index contributed by atoms with van der Waals surface area (Å²) in [6.07, 6.45) is 2.66. The number of ether oxygens (including phenoxy) is 1. The molecule has 1 aliphatic carbocycles. The summed E-state index contributed by atoms with van der Waals surface area (Å²) in [7, 11) is 0. The van der Waals surface area contributed by atoms with Crippen molar-refractivity contribution in [2.24, 2.45) is 5.92 Å². The van der Waals surface area contributed by atoms with E-state index < -0.39 is 0 Å². The average Bonchev–Trinajstić information content (AvgIpc) is 3.08. The van der Waals surface area contributed by atoms with Crippen LogP contribution in [0.5, 0.6) is 0 Å². The number of nitrogens with zero attached hydrogens (tertiary/aromatic N) is 2. The molecule has 17 heavy (non-hydrogen) atoms. The molecular formula is C12H20N4O. The molecule has 1 aromatic heterocycles. The molecule has 0 bridgehead atoms. The van der Waals surface area contributed by atoms with Gasteiger partial charge in [-0.25, -0.2) is 9.97 Å². The van der Waals surface area contributed by atoms with Gasteiger partial charge in [-0.3, -0.25) is 0 Å². The highest BCUT2D eigenvalue weighted by molar-refractivity contribution is 5.54. The predicted molar refractivity (Wildman–Crippen MR) is 68.0 cm³/mol. The van der Waals surface area contributed by atoms with Crippen LogP contribution in [0.15, 0.2) is 0 Å². The first-order valence-electron chi connectivity index (χ1n) is 6.09. The van der Waals surface area contributed by atoms with Crippen molar-refractivity contribution in [2.75, 3.05) is 30.8 Å². The van der Waals surface area contributed by atoms with Crippen LogP contribution in [0, 0.1) is 19.8 Å². The van der Waals surface area contributed by atoms with Crippen molar-refractivity contribution in [3.05, 3.63) is 11.4 Å². The SMILES string of the molecule is Cc1nc(N)c(C)c(NCCOCC2CC2)n1. The molecule has 5 heteroatoms. The summed E-state index contributed by atoms with van der Waals surface area (Å²) < 4.78 is 5.54. The van der Waals surface area contributed by atoms with Gasteiger partial charge in [0.2, 0.25) is 0 Å². The summed E-state index contributed by atoms with van der Waals surface area (Å²) in [6.45, 7) is 6.11. The first-order valence-corrected chi connectivity index (χ1v) is 6.09. The third-order valence-corrected chi connectivity index (χ3v) is 2.88. The van der Waals surface area contributed by atoms with Crippen molar-refractivity contribution >= 4 is 11.6 Å². The molecular weight excluding hydrogens is 216 g/mol. The second-order valence-electron chi connectivity index (χ2n) is 4.57. The molecule has 0 saturated heterocycles. The van der Waals surface area contributed by atoms with Gasteiger partial charge in [0, 0.05) is 18.7 Å².